The van der Waals surface area contributed by atoms with Crippen LogP contribution in [0.4, 0.5) is 8.78 Å². The van der Waals surface area contributed by atoms with Crippen LogP contribution in [0, 0.1) is 17.6 Å². The van der Waals surface area contributed by atoms with Gasteiger partial charge in [-0.3, -0.25) is 0 Å². The maximum absolute atomic E-state index is 13.3. The van der Waals surface area contributed by atoms with E-state index >= 15 is 0 Å². The number of hydrogen-bond donors (Lipinski definition) is 0. The van der Waals surface area contributed by atoms with Crippen LogP contribution in [0.2, 0.25) is 0 Å². The van der Waals surface area contributed by atoms with Crippen molar-refractivity contribution in [1.82, 2.24) is 0 Å². The Bertz CT molecular complexity index is 640. The third-order valence-electron chi connectivity index (χ3n) is 5.26. The fourth-order valence-corrected chi connectivity index (χ4v) is 3.78. The van der Waals surface area contributed by atoms with E-state index in [-0.39, 0.29) is 0 Å². The Hall–Kier alpha value is -1.70. The summed E-state index contributed by atoms with van der Waals surface area (Å²) in [4.78, 5) is 0. The van der Waals surface area contributed by atoms with Crippen LogP contribution in [0.25, 0.3) is 11.1 Å². The average molecular weight is 328 g/mol. The minimum Gasteiger partial charge on any atom is -0.204 e. The summed E-state index contributed by atoms with van der Waals surface area (Å²) in [7, 11) is 0. The molecule has 1 saturated carbocycles. The number of aryl methyl sites for hydroxylation is 1. The van der Waals surface area contributed by atoms with Crippen molar-refractivity contribution >= 4 is 0 Å². The lowest BCUT2D eigenvalue weighted by molar-refractivity contribution is 0.468. The van der Waals surface area contributed by atoms with Crippen molar-refractivity contribution in [2.24, 2.45) is 5.92 Å². The number of hydrogen-bond acceptors (Lipinski definition) is 0. The van der Waals surface area contributed by atoms with Gasteiger partial charge in [0.1, 0.15) is 0 Å². The van der Waals surface area contributed by atoms with E-state index in [0.717, 1.165) is 23.5 Å². The maximum Gasteiger partial charge on any atom is 0.159 e. The lowest BCUT2D eigenvalue weighted by Crippen LogP contribution is -1.93. The molecule has 0 aliphatic heterocycles. The van der Waals surface area contributed by atoms with Gasteiger partial charge in [-0.2, -0.15) is 0 Å². The van der Waals surface area contributed by atoms with Gasteiger partial charge in [-0.15, -0.1) is 0 Å². The molecule has 0 spiro atoms. The highest BCUT2D eigenvalue weighted by Gasteiger charge is 2.13. The highest BCUT2D eigenvalue weighted by atomic mass is 19.2. The van der Waals surface area contributed by atoms with E-state index in [1.807, 2.05) is 12.1 Å². The second-order valence-electron chi connectivity index (χ2n) is 7.08. The van der Waals surface area contributed by atoms with Crippen molar-refractivity contribution in [2.75, 3.05) is 0 Å². The van der Waals surface area contributed by atoms with E-state index in [2.05, 4.69) is 12.1 Å². The van der Waals surface area contributed by atoms with E-state index in [1.165, 1.54) is 69.1 Å². The topological polar surface area (TPSA) is 0 Å². The molecule has 0 radical (unpaired) electrons. The third-order valence-corrected chi connectivity index (χ3v) is 5.26. The lowest BCUT2D eigenvalue weighted by Gasteiger charge is -2.08. The summed E-state index contributed by atoms with van der Waals surface area (Å²) < 4.78 is 26.3. The van der Waals surface area contributed by atoms with E-state index in [1.54, 1.807) is 6.07 Å². The summed E-state index contributed by atoms with van der Waals surface area (Å²) in [5.74, 6) is -0.591. The van der Waals surface area contributed by atoms with Crippen molar-refractivity contribution in [3.8, 4) is 11.1 Å². The molecule has 0 saturated heterocycles. The molecule has 0 aromatic heterocycles. The molecule has 1 aliphatic carbocycles. The molecule has 0 amide bonds. The first-order valence-electron chi connectivity index (χ1n) is 9.27. The van der Waals surface area contributed by atoms with Crippen LogP contribution >= 0.6 is 0 Å². The Morgan fingerprint density at radius 3 is 2.17 bits per heavy atom. The monoisotopic (exact) mass is 328 g/mol. The Morgan fingerprint density at radius 1 is 0.750 bits per heavy atom. The van der Waals surface area contributed by atoms with Crippen LogP contribution in [0.15, 0.2) is 42.5 Å². The van der Waals surface area contributed by atoms with Gasteiger partial charge >= 0.3 is 0 Å². The molecule has 2 aromatic rings. The Kier molecular flexibility index (Phi) is 6.01. The highest BCUT2D eigenvalue weighted by molar-refractivity contribution is 5.63. The fourth-order valence-electron chi connectivity index (χ4n) is 3.78. The quantitative estimate of drug-likeness (QED) is 0.484. The van der Waals surface area contributed by atoms with Gasteiger partial charge in [0.2, 0.25) is 0 Å². The third kappa shape index (κ3) is 4.66. The average Bonchev–Trinajstić information content (AvgIpc) is 3.11. The van der Waals surface area contributed by atoms with Crippen molar-refractivity contribution in [3.05, 3.63) is 59.7 Å². The Morgan fingerprint density at radius 2 is 1.46 bits per heavy atom. The van der Waals surface area contributed by atoms with Crippen LogP contribution in [0.1, 0.15) is 56.9 Å². The Labute approximate surface area is 143 Å². The molecule has 1 aliphatic rings. The van der Waals surface area contributed by atoms with Crippen LogP contribution in [0.3, 0.4) is 0 Å². The summed E-state index contributed by atoms with van der Waals surface area (Å²) in [5, 5.41) is 0. The summed E-state index contributed by atoms with van der Waals surface area (Å²) in [6, 6.07) is 12.3. The van der Waals surface area contributed by atoms with Crippen molar-refractivity contribution in [3.63, 3.8) is 0 Å². The molecular formula is C22H26F2. The molecule has 2 heteroatoms. The summed E-state index contributed by atoms with van der Waals surface area (Å²) in [5.41, 5.74) is 2.97. The SMILES string of the molecule is Fc1ccc(-c2ccc(CCCCCC3CCCC3)cc2)cc1F. The number of halogens is 2. The summed E-state index contributed by atoms with van der Waals surface area (Å²) in [6.45, 7) is 0. The first-order chi connectivity index (χ1) is 11.7. The normalized spacial score (nSPS) is 15.1. The van der Waals surface area contributed by atoms with Crippen LogP contribution < -0.4 is 0 Å². The van der Waals surface area contributed by atoms with Gasteiger partial charge in [0.15, 0.2) is 11.6 Å². The second-order valence-corrected chi connectivity index (χ2v) is 7.08. The van der Waals surface area contributed by atoms with Crippen molar-refractivity contribution in [1.29, 1.82) is 0 Å². The summed E-state index contributed by atoms with van der Waals surface area (Å²) >= 11 is 0. The second kappa shape index (κ2) is 8.41. The largest absolute Gasteiger partial charge is 0.204 e. The molecular weight excluding hydrogens is 302 g/mol. The van der Waals surface area contributed by atoms with Gasteiger partial charge in [-0.1, -0.05) is 75.3 Å². The first-order valence-corrected chi connectivity index (χ1v) is 9.27. The molecule has 0 heterocycles. The van der Waals surface area contributed by atoms with Crippen LogP contribution in [0.5, 0.6) is 0 Å². The van der Waals surface area contributed by atoms with E-state index in [9.17, 15) is 8.78 Å². The highest BCUT2D eigenvalue weighted by Crippen LogP contribution is 2.29. The predicted octanol–water partition coefficient (Wildman–Crippen LogP) is 6.92. The number of rotatable bonds is 7. The molecule has 0 atom stereocenters. The van der Waals surface area contributed by atoms with Crippen molar-refractivity contribution in [2.45, 2.75) is 57.8 Å². The minimum atomic E-state index is -0.798. The van der Waals surface area contributed by atoms with Gasteiger partial charge in [-0.25, -0.2) is 8.78 Å². The number of benzene rings is 2. The molecule has 3 rings (SSSR count). The molecule has 128 valence electrons. The predicted molar refractivity (Wildman–Crippen MR) is 95.9 cm³/mol. The lowest BCUT2D eigenvalue weighted by atomic mass is 9.98. The standard InChI is InChI=1S/C22H26F2/c23-21-15-14-20(16-22(21)24)19-12-10-18(11-13-19)7-3-1-2-6-17-8-4-5-9-17/h10-17H,1-9H2. The molecule has 2 aromatic carbocycles. The summed E-state index contributed by atoms with van der Waals surface area (Å²) in [6.07, 6.45) is 12.2. The zero-order valence-electron chi connectivity index (χ0n) is 14.2. The maximum atomic E-state index is 13.3. The molecule has 0 nitrogen and oxygen atoms in total. The smallest absolute Gasteiger partial charge is 0.159 e. The van der Waals surface area contributed by atoms with Gasteiger partial charge in [-0.05, 0) is 47.6 Å². The molecule has 0 unspecified atom stereocenters. The fraction of sp³-hybridized carbons (Fsp3) is 0.455. The number of unbranched alkanes of at least 4 members (excludes halogenated alkanes) is 2. The Balaban J connectivity index is 1.45. The van der Waals surface area contributed by atoms with Gasteiger partial charge in [0.25, 0.3) is 0 Å². The molecule has 1 fully saturated rings. The van der Waals surface area contributed by atoms with E-state index < -0.39 is 11.6 Å². The van der Waals surface area contributed by atoms with E-state index in [0.29, 0.717) is 0 Å². The van der Waals surface area contributed by atoms with Crippen LogP contribution in [-0.2, 0) is 6.42 Å². The van der Waals surface area contributed by atoms with Gasteiger partial charge < -0.3 is 0 Å². The molecule has 0 bridgehead atoms. The molecule has 0 N–H and O–H groups in total. The minimum absolute atomic E-state index is 0.719. The van der Waals surface area contributed by atoms with E-state index in [4.69, 9.17) is 0 Å². The molecule has 24 heavy (non-hydrogen) atoms. The first kappa shape index (κ1) is 17.1. The zero-order chi connectivity index (χ0) is 16.8. The van der Waals surface area contributed by atoms with Gasteiger partial charge in [0.05, 0.1) is 0 Å². The van der Waals surface area contributed by atoms with Gasteiger partial charge in [0, 0.05) is 0 Å². The zero-order valence-corrected chi connectivity index (χ0v) is 14.2. The van der Waals surface area contributed by atoms with Crippen molar-refractivity contribution < 1.29 is 8.78 Å². The van der Waals surface area contributed by atoms with Crippen LogP contribution in [-0.4, -0.2) is 0 Å².